The second-order valence-corrected chi connectivity index (χ2v) is 6.21. The summed E-state index contributed by atoms with van der Waals surface area (Å²) < 4.78 is 5.56. The number of hydrogen-bond acceptors (Lipinski definition) is 3. The van der Waals surface area contributed by atoms with Gasteiger partial charge in [-0.25, -0.2) is 4.79 Å². The molecule has 0 bridgehead atoms. The Morgan fingerprint density at radius 3 is 2.55 bits per heavy atom. The molecule has 1 rings (SSSR count). The summed E-state index contributed by atoms with van der Waals surface area (Å²) in [6, 6.07) is 0.678. The molecular weight excluding hydrogens is 254 g/mol. The van der Waals surface area contributed by atoms with Gasteiger partial charge in [0.15, 0.2) is 0 Å². The van der Waals surface area contributed by atoms with E-state index < -0.39 is 0 Å². The molecule has 0 atom stereocenters. The Bertz CT molecular complexity index is 274. The lowest BCUT2D eigenvalue weighted by molar-refractivity contribution is 0.106. The van der Waals surface area contributed by atoms with Crippen molar-refractivity contribution < 1.29 is 9.53 Å². The molecule has 1 aliphatic rings. The van der Waals surface area contributed by atoms with Crippen LogP contribution in [0, 0.1) is 5.92 Å². The van der Waals surface area contributed by atoms with Crippen LogP contribution in [0.3, 0.4) is 0 Å². The van der Waals surface area contributed by atoms with Gasteiger partial charge in [0.2, 0.25) is 0 Å². The average molecular weight is 285 g/mol. The summed E-state index contributed by atoms with van der Waals surface area (Å²) in [5.41, 5.74) is 0. The van der Waals surface area contributed by atoms with Gasteiger partial charge < -0.3 is 19.9 Å². The van der Waals surface area contributed by atoms with Crippen LogP contribution < -0.4 is 5.32 Å². The van der Waals surface area contributed by atoms with Crippen LogP contribution in [0.4, 0.5) is 4.79 Å². The Morgan fingerprint density at radius 1 is 1.35 bits per heavy atom. The van der Waals surface area contributed by atoms with Crippen molar-refractivity contribution in [3.8, 4) is 0 Å². The molecule has 1 heterocycles. The third-order valence-corrected chi connectivity index (χ3v) is 3.50. The predicted octanol–water partition coefficient (Wildman–Crippen LogP) is 1.78. The van der Waals surface area contributed by atoms with Gasteiger partial charge in [0.25, 0.3) is 0 Å². The quantitative estimate of drug-likeness (QED) is 0.725. The summed E-state index contributed by atoms with van der Waals surface area (Å²) in [4.78, 5) is 15.4. The lowest BCUT2D eigenvalue weighted by atomic mass is 10.1. The first-order chi connectivity index (χ1) is 9.50. The van der Waals surface area contributed by atoms with Crippen LogP contribution in [0.15, 0.2) is 0 Å². The molecule has 2 amide bonds. The van der Waals surface area contributed by atoms with Crippen molar-refractivity contribution in [1.82, 2.24) is 15.1 Å². The number of rotatable bonds is 7. The maximum atomic E-state index is 11.8. The minimum atomic E-state index is 0.130. The van der Waals surface area contributed by atoms with Gasteiger partial charge in [-0.15, -0.1) is 0 Å². The van der Waals surface area contributed by atoms with Crippen LogP contribution in [-0.2, 0) is 4.74 Å². The molecule has 0 spiro atoms. The monoisotopic (exact) mass is 285 g/mol. The summed E-state index contributed by atoms with van der Waals surface area (Å²) in [7, 11) is 3.62. The summed E-state index contributed by atoms with van der Waals surface area (Å²) in [5, 5.41) is 3.57. The zero-order valence-corrected chi connectivity index (χ0v) is 13.5. The van der Waals surface area contributed by atoms with Crippen molar-refractivity contribution in [2.24, 2.45) is 5.92 Å². The molecule has 1 aliphatic heterocycles. The van der Waals surface area contributed by atoms with Crippen molar-refractivity contribution in [1.29, 1.82) is 0 Å². The third-order valence-electron chi connectivity index (χ3n) is 3.50. The summed E-state index contributed by atoms with van der Waals surface area (Å²) in [6.07, 6.45) is 3.16. The number of ether oxygens (including phenoxy) is 1. The van der Waals surface area contributed by atoms with Crippen LogP contribution in [0.1, 0.15) is 33.1 Å². The highest BCUT2D eigenvalue weighted by Gasteiger charge is 2.22. The van der Waals surface area contributed by atoms with E-state index in [0.29, 0.717) is 12.0 Å². The van der Waals surface area contributed by atoms with E-state index in [2.05, 4.69) is 19.2 Å². The molecule has 5 nitrogen and oxygen atoms in total. The van der Waals surface area contributed by atoms with Crippen molar-refractivity contribution in [3.63, 3.8) is 0 Å². The number of carbonyl (C=O) groups excluding carboxylic acids is 1. The molecular formula is C15H31N3O2. The third kappa shape index (κ3) is 6.57. The molecule has 118 valence electrons. The van der Waals surface area contributed by atoms with Gasteiger partial charge in [0.1, 0.15) is 0 Å². The van der Waals surface area contributed by atoms with Gasteiger partial charge in [-0.1, -0.05) is 13.8 Å². The van der Waals surface area contributed by atoms with Crippen molar-refractivity contribution in [2.45, 2.75) is 39.2 Å². The lowest BCUT2D eigenvalue weighted by Gasteiger charge is -2.34. The first kappa shape index (κ1) is 17.2. The fourth-order valence-electron chi connectivity index (χ4n) is 2.36. The number of nitrogens with zero attached hydrogens (tertiary/aromatic N) is 2. The first-order valence-corrected chi connectivity index (χ1v) is 7.78. The van der Waals surface area contributed by atoms with Gasteiger partial charge in [0.05, 0.1) is 0 Å². The van der Waals surface area contributed by atoms with E-state index in [1.807, 2.05) is 19.0 Å². The molecule has 0 unspecified atom stereocenters. The van der Waals surface area contributed by atoms with Crippen molar-refractivity contribution in [3.05, 3.63) is 0 Å². The normalized spacial score (nSPS) is 16.8. The molecule has 0 aromatic carbocycles. The van der Waals surface area contributed by atoms with E-state index in [9.17, 15) is 4.79 Å². The minimum Gasteiger partial charge on any atom is -0.381 e. The van der Waals surface area contributed by atoms with Crippen molar-refractivity contribution >= 4 is 6.03 Å². The summed E-state index contributed by atoms with van der Waals surface area (Å²) in [6.45, 7) is 8.75. The van der Waals surface area contributed by atoms with Gasteiger partial charge in [-0.05, 0) is 31.7 Å². The highest BCUT2D eigenvalue weighted by molar-refractivity contribution is 5.73. The van der Waals surface area contributed by atoms with Gasteiger partial charge in [-0.3, -0.25) is 0 Å². The Balaban J connectivity index is 2.04. The summed E-state index contributed by atoms with van der Waals surface area (Å²) >= 11 is 0. The maximum Gasteiger partial charge on any atom is 0.319 e. The number of likely N-dealkylation sites (tertiary alicyclic amines) is 1. The van der Waals surface area contributed by atoms with Crippen LogP contribution in [-0.4, -0.2) is 68.8 Å². The molecule has 0 aromatic heterocycles. The second kappa shape index (κ2) is 9.19. The standard InChI is InChI=1S/C15H31N3O2/c1-13(2)12-20-11-5-8-16-14-6-9-18(10-7-14)15(19)17(3)4/h13-14,16H,5-12H2,1-4H3. The van der Waals surface area contributed by atoms with Crippen LogP contribution in [0.5, 0.6) is 0 Å². The fourth-order valence-corrected chi connectivity index (χ4v) is 2.36. The highest BCUT2D eigenvalue weighted by atomic mass is 16.5. The molecule has 0 saturated carbocycles. The van der Waals surface area contributed by atoms with E-state index in [4.69, 9.17) is 4.74 Å². The molecule has 20 heavy (non-hydrogen) atoms. The van der Waals surface area contributed by atoms with E-state index >= 15 is 0 Å². The van der Waals surface area contributed by atoms with Crippen LogP contribution in [0.2, 0.25) is 0 Å². The molecule has 0 aliphatic carbocycles. The number of piperidine rings is 1. The lowest BCUT2D eigenvalue weighted by Crippen LogP contribution is -2.48. The first-order valence-electron chi connectivity index (χ1n) is 7.78. The molecule has 0 aromatic rings. The number of amides is 2. The molecule has 5 heteroatoms. The molecule has 0 radical (unpaired) electrons. The number of hydrogen-bond donors (Lipinski definition) is 1. The number of urea groups is 1. The molecule has 1 fully saturated rings. The predicted molar refractivity (Wildman–Crippen MR) is 82.0 cm³/mol. The van der Waals surface area contributed by atoms with E-state index in [1.54, 1.807) is 4.90 Å². The minimum absolute atomic E-state index is 0.130. The zero-order valence-electron chi connectivity index (χ0n) is 13.5. The van der Waals surface area contributed by atoms with Crippen LogP contribution >= 0.6 is 0 Å². The van der Waals surface area contributed by atoms with Gasteiger partial charge >= 0.3 is 6.03 Å². The summed E-state index contributed by atoms with van der Waals surface area (Å²) in [5.74, 6) is 0.613. The van der Waals surface area contributed by atoms with E-state index in [1.165, 1.54) is 0 Å². The number of carbonyl (C=O) groups is 1. The van der Waals surface area contributed by atoms with E-state index in [-0.39, 0.29) is 6.03 Å². The van der Waals surface area contributed by atoms with Gasteiger partial charge in [0, 0.05) is 46.4 Å². The Hall–Kier alpha value is -0.810. The average Bonchev–Trinajstić information content (AvgIpc) is 2.42. The number of nitrogens with one attached hydrogen (secondary N) is 1. The zero-order chi connectivity index (χ0) is 15.0. The second-order valence-electron chi connectivity index (χ2n) is 6.21. The maximum absolute atomic E-state index is 11.8. The Morgan fingerprint density at radius 2 is 2.00 bits per heavy atom. The largest absolute Gasteiger partial charge is 0.381 e. The molecule has 1 N–H and O–H groups in total. The van der Waals surface area contributed by atoms with Crippen LogP contribution in [0.25, 0.3) is 0 Å². The Labute approximate surface area is 123 Å². The smallest absolute Gasteiger partial charge is 0.319 e. The molecule has 1 saturated heterocycles. The SMILES string of the molecule is CC(C)COCCCNC1CCN(C(=O)N(C)C)CC1. The topological polar surface area (TPSA) is 44.8 Å². The van der Waals surface area contributed by atoms with Gasteiger partial charge in [-0.2, -0.15) is 0 Å². The Kier molecular flexibility index (Phi) is 7.92. The fraction of sp³-hybridized carbons (Fsp3) is 0.933. The van der Waals surface area contributed by atoms with Crippen molar-refractivity contribution in [2.75, 3.05) is 46.9 Å². The highest BCUT2D eigenvalue weighted by Crippen LogP contribution is 2.11. The van der Waals surface area contributed by atoms with E-state index in [0.717, 1.165) is 52.1 Å².